The van der Waals surface area contributed by atoms with Crippen molar-refractivity contribution in [3.05, 3.63) is 60.6 Å². The van der Waals surface area contributed by atoms with Crippen molar-refractivity contribution >= 4 is 39.4 Å². The summed E-state index contributed by atoms with van der Waals surface area (Å²) in [5, 5.41) is 11.8. The molecule has 34 heavy (non-hydrogen) atoms. The van der Waals surface area contributed by atoms with Gasteiger partial charge in [-0.3, -0.25) is 19.7 Å². The van der Waals surface area contributed by atoms with Crippen LogP contribution in [0.25, 0.3) is 44.5 Å². The van der Waals surface area contributed by atoms with E-state index < -0.39 is 5.91 Å². The van der Waals surface area contributed by atoms with Crippen molar-refractivity contribution in [3.8, 4) is 22.5 Å². The molecule has 2 amide bonds. The second-order valence-corrected chi connectivity index (χ2v) is 8.61. The van der Waals surface area contributed by atoms with Gasteiger partial charge >= 0.3 is 0 Å². The maximum Gasteiger partial charge on any atom is 0.249 e. The third-order valence-corrected chi connectivity index (χ3v) is 5.55. The number of nitrogens with zero attached hydrogens (tertiary/aromatic N) is 3. The van der Waals surface area contributed by atoms with Crippen LogP contribution in [0.5, 0.6) is 0 Å². The van der Waals surface area contributed by atoms with Gasteiger partial charge in [-0.1, -0.05) is 19.9 Å². The molecule has 0 unspecified atom stereocenters. The Bertz CT molecular complexity index is 1550. The predicted octanol–water partition coefficient (Wildman–Crippen LogP) is 4.25. The molecule has 9 nitrogen and oxygen atoms in total. The third-order valence-electron chi connectivity index (χ3n) is 5.55. The summed E-state index contributed by atoms with van der Waals surface area (Å²) in [6.07, 6.45) is 5.52. The van der Waals surface area contributed by atoms with Crippen LogP contribution in [-0.2, 0) is 4.79 Å². The lowest BCUT2D eigenvalue weighted by molar-refractivity contribution is -0.116. The largest absolute Gasteiger partial charge is 0.366 e. The van der Waals surface area contributed by atoms with E-state index in [2.05, 4.69) is 30.5 Å². The summed E-state index contributed by atoms with van der Waals surface area (Å²) in [5.41, 5.74) is 11.1. The molecule has 0 spiro atoms. The van der Waals surface area contributed by atoms with Crippen LogP contribution in [0, 0.1) is 5.92 Å². The summed E-state index contributed by atoms with van der Waals surface area (Å²) in [5.74, 6) is -0.264. The number of fused-ring (bicyclic) bond motifs is 2. The van der Waals surface area contributed by atoms with Gasteiger partial charge in [0.1, 0.15) is 5.69 Å². The lowest BCUT2D eigenvalue weighted by atomic mass is 10.1. The van der Waals surface area contributed by atoms with Crippen LogP contribution in [0.4, 0.5) is 5.69 Å². The van der Waals surface area contributed by atoms with Crippen LogP contribution in [0.2, 0.25) is 0 Å². The Hall–Kier alpha value is -4.53. The van der Waals surface area contributed by atoms with Gasteiger partial charge in [0.2, 0.25) is 11.8 Å². The van der Waals surface area contributed by atoms with Crippen molar-refractivity contribution in [1.82, 2.24) is 25.1 Å². The van der Waals surface area contributed by atoms with Crippen molar-refractivity contribution in [2.45, 2.75) is 20.3 Å². The summed E-state index contributed by atoms with van der Waals surface area (Å²) in [7, 11) is 0. The van der Waals surface area contributed by atoms with Gasteiger partial charge < -0.3 is 16.0 Å². The molecular formula is C25H23N7O2. The number of aromatic amines is 2. The van der Waals surface area contributed by atoms with E-state index in [0.29, 0.717) is 29.0 Å². The number of amides is 2. The topological polar surface area (TPSA) is 142 Å². The van der Waals surface area contributed by atoms with Gasteiger partial charge in [-0.05, 0) is 36.2 Å². The second kappa shape index (κ2) is 8.43. The van der Waals surface area contributed by atoms with Crippen LogP contribution in [0.1, 0.15) is 30.6 Å². The summed E-state index contributed by atoms with van der Waals surface area (Å²) in [6.45, 7) is 4.00. The van der Waals surface area contributed by atoms with Gasteiger partial charge in [0.05, 0.1) is 17.6 Å². The quantitative estimate of drug-likeness (QED) is 0.304. The van der Waals surface area contributed by atoms with Gasteiger partial charge in [0.25, 0.3) is 0 Å². The smallest absolute Gasteiger partial charge is 0.249 e. The molecule has 0 bridgehead atoms. The number of primary amides is 1. The molecule has 4 heterocycles. The van der Waals surface area contributed by atoms with Gasteiger partial charge in [0.15, 0.2) is 5.65 Å². The molecule has 5 N–H and O–H groups in total. The van der Waals surface area contributed by atoms with Crippen molar-refractivity contribution in [3.63, 3.8) is 0 Å². The maximum absolute atomic E-state index is 12.2. The van der Waals surface area contributed by atoms with Gasteiger partial charge in [-0.15, -0.1) is 0 Å². The van der Waals surface area contributed by atoms with Crippen LogP contribution in [0.3, 0.4) is 0 Å². The molecule has 5 aromatic rings. The zero-order valence-corrected chi connectivity index (χ0v) is 18.7. The number of hydrogen-bond donors (Lipinski definition) is 4. The van der Waals surface area contributed by atoms with E-state index in [0.717, 1.165) is 33.1 Å². The molecule has 4 aromatic heterocycles. The van der Waals surface area contributed by atoms with Gasteiger partial charge in [-0.2, -0.15) is 5.10 Å². The maximum atomic E-state index is 12.2. The van der Waals surface area contributed by atoms with Gasteiger partial charge in [0, 0.05) is 51.8 Å². The second-order valence-electron chi connectivity index (χ2n) is 8.61. The first-order chi connectivity index (χ1) is 16.4. The van der Waals surface area contributed by atoms with Crippen LogP contribution >= 0.6 is 0 Å². The molecule has 9 heteroatoms. The zero-order valence-electron chi connectivity index (χ0n) is 18.7. The number of nitrogens with one attached hydrogen (secondary N) is 3. The number of nitrogens with two attached hydrogens (primary N) is 1. The number of benzene rings is 1. The molecular weight excluding hydrogens is 430 g/mol. The third kappa shape index (κ3) is 3.99. The van der Waals surface area contributed by atoms with E-state index >= 15 is 0 Å². The van der Waals surface area contributed by atoms with E-state index in [1.807, 2.05) is 38.1 Å². The van der Waals surface area contributed by atoms with E-state index in [-0.39, 0.29) is 11.8 Å². The lowest BCUT2D eigenvalue weighted by Gasteiger charge is -2.08. The predicted molar refractivity (Wildman–Crippen MR) is 131 cm³/mol. The minimum absolute atomic E-state index is 0.0474. The monoisotopic (exact) mass is 453 g/mol. The Kier molecular flexibility index (Phi) is 5.29. The highest BCUT2D eigenvalue weighted by Gasteiger charge is 2.16. The zero-order chi connectivity index (χ0) is 23.8. The van der Waals surface area contributed by atoms with Crippen LogP contribution in [-0.4, -0.2) is 37.0 Å². The van der Waals surface area contributed by atoms with Crippen molar-refractivity contribution in [2.24, 2.45) is 11.7 Å². The molecule has 5 rings (SSSR count). The first-order valence-corrected chi connectivity index (χ1v) is 10.9. The molecule has 0 saturated heterocycles. The Labute approximate surface area is 194 Å². The Morgan fingerprint density at radius 2 is 1.88 bits per heavy atom. The number of rotatable bonds is 6. The highest BCUT2D eigenvalue weighted by Crippen LogP contribution is 2.32. The fourth-order valence-corrected chi connectivity index (χ4v) is 4.01. The average Bonchev–Trinajstić information content (AvgIpc) is 3.41. The normalized spacial score (nSPS) is 11.4. The first kappa shape index (κ1) is 21.3. The Morgan fingerprint density at radius 3 is 2.68 bits per heavy atom. The lowest BCUT2D eigenvalue weighted by Crippen LogP contribution is -2.13. The van der Waals surface area contributed by atoms with E-state index in [1.165, 1.54) is 0 Å². The summed E-state index contributed by atoms with van der Waals surface area (Å²) in [4.78, 5) is 36.1. The highest BCUT2D eigenvalue weighted by atomic mass is 16.2. The van der Waals surface area contributed by atoms with E-state index in [1.54, 1.807) is 30.7 Å². The number of aromatic nitrogens is 5. The van der Waals surface area contributed by atoms with E-state index in [4.69, 9.17) is 5.73 Å². The summed E-state index contributed by atoms with van der Waals surface area (Å²) < 4.78 is 0. The molecule has 0 radical (unpaired) electrons. The molecule has 0 fully saturated rings. The van der Waals surface area contributed by atoms with Crippen molar-refractivity contribution < 1.29 is 9.59 Å². The molecule has 0 aliphatic carbocycles. The summed E-state index contributed by atoms with van der Waals surface area (Å²) in [6, 6.07) is 11.1. The van der Waals surface area contributed by atoms with Gasteiger partial charge in [-0.25, -0.2) is 4.98 Å². The highest BCUT2D eigenvalue weighted by molar-refractivity contribution is 6.07. The minimum atomic E-state index is -0.486. The fraction of sp³-hybridized carbons (Fsp3) is 0.160. The van der Waals surface area contributed by atoms with Crippen molar-refractivity contribution in [1.29, 1.82) is 0 Å². The number of anilines is 1. The molecule has 0 aliphatic heterocycles. The summed E-state index contributed by atoms with van der Waals surface area (Å²) >= 11 is 0. The Balaban J connectivity index is 1.53. The number of hydrogen-bond acceptors (Lipinski definition) is 5. The molecule has 170 valence electrons. The number of carbonyl (C=O) groups excluding carboxylic acids is 2. The number of pyridine rings is 2. The molecule has 0 saturated carbocycles. The average molecular weight is 454 g/mol. The minimum Gasteiger partial charge on any atom is -0.366 e. The van der Waals surface area contributed by atoms with E-state index in [9.17, 15) is 9.59 Å². The fourth-order valence-electron chi connectivity index (χ4n) is 4.01. The standard InChI is InChI=1S/C25H23N7O2/c1-13(2)6-22(33)29-16-7-14(10-27-12-16)15-8-19-23(31-32-25(19)28-11-15)21-9-18-17(24(26)34)4-3-5-20(18)30-21/h3-5,7-13,30H,6H2,1-2H3,(H2,26,34)(H,29,33)(H,28,31,32). The molecule has 0 atom stereocenters. The van der Waals surface area contributed by atoms with Crippen LogP contribution < -0.4 is 11.1 Å². The molecule has 1 aromatic carbocycles. The molecule has 0 aliphatic rings. The number of carbonyl (C=O) groups is 2. The van der Waals surface area contributed by atoms with Crippen molar-refractivity contribution in [2.75, 3.05) is 5.32 Å². The first-order valence-electron chi connectivity index (χ1n) is 10.9. The SMILES string of the molecule is CC(C)CC(=O)Nc1cncc(-c2cnc3[nH]nc(-c4cc5c(C(N)=O)cccc5[nH]4)c3c2)c1. The van der Waals surface area contributed by atoms with Crippen LogP contribution in [0.15, 0.2) is 55.0 Å². The Morgan fingerprint density at radius 1 is 1.06 bits per heavy atom. The number of H-pyrrole nitrogens is 2.